The molecule has 4 rings (SSSR count). The lowest BCUT2D eigenvalue weighted by atomic mass is 9.84. The highest BCUT2D eigenvalue weighted by Crippen LogP contribution is 2.35. The third kappa shape index (κ3) is 1.27. The highest BCUT2D eigenvalue weighted by molar-refractivity contribution is 5.02. The fourth-order valence-corrected chi connectivity index (χ4v) is 2.85. The molecule has 3 aliphatic rings. The van der Waals surface area contributed by atoms with Gasteiger partial charge in [-0.2, -0.15) is 5.10 Å². The molecule has 0 aliphatic carbocycles. The number of hydrogen-bond acceptors (Lipinski definition) is 2. The van der Waals surface area contributed by atoms with Gasteiger partial charge in [0.1, 0.15) is 0 Å². The van der Waals surface area contributed by atoms with E-state index in [9.17, 15) is 0 Å². The van der Waals surface area contributed by atoms with E-state index in [4.69, 9.17) is 0 Å². The monoisotopic (exact) mass is 191 g/mol. The normalized spacial score (nSPS) is 36.2. The molecular weight excluding hydrogens is 174 g/mol. The molecule has 3 aliphatic heterocycles. The van der Waals surface area contributed by atoms with Gasteiger partial charge in [-0.3, -0.25) is 4.68 Å². The first-order chi connectivity index (χ1) is 6.83. The molecule has 0 spiro atoms. The number of fused-ring (bicyclic) bond motifs is 3. The minimum atomic E-state index is 0.645. The highest BCUT2D eigenvalue weighted by atomic mass is 15.3. The lowest BCUT2D eigenvalue weighted by Crippen LogP contribution is -2.48. The van der Waals surface area contributed by atoms with Crippen LogP contribution in [0.2, 0.25) is 0 Å². The van der Waals surface area contributed by atoms with Crippen LogP contribution < -0.4 is 0 Å². The SMILES string of the molecule is Cc1cnn(C2CN3CCC2CC3)c1. The maximum absolute atomic E-state index is 4.45. The quantitative estimate of drug-likeness (QED) is 0.670. The van der Waals surface area contributed by atoms with Crippen molar-refractivity contribution >= 4 is 0 Å². The summed E-state index contributed by atoms with van der Waals surface area (Å²) in [5.74, 6) is 0.874. The zero-order chi connectivity index (χ0) is 9.54. The fourth-order valence-electron chi connectivity index (χ4n) is 2.85. The molecule has 0 saturated carbocycles. The molecule has 3 nitrogen and oxygen atoms in total. The maximum Gasteiger partial charge on any atom is 0.0675 e. The van der Waals surface area contributed by atoms with Crippen LogP contribution in [0.15, 0.2) is 12.4 Å². The molecule has 1 atom stereocenters. The summed E-state index contributed by atoms with van der Waals surface area (Å²) < 4.78 is 2.19. The molecule has 14 heavy (non-hydrogen) atoms. The van der Waals surface area contributed by atoms with Crippen LogP contribution in [0.25, 0.3) is 0 Å². The van der Waals surface area contributed by atoms with Crippen molar-refractivity contribution in [1.82, 2.24) is 14.7 Å². The largest absolute Gasteiger partial charge is 0.301 e. The first-order valence-electron chi connectivity index (χ1n) is 5.56. The molecule has 1 aromatic rings. The summed E-state index contributed by atoms with van der Waals surface area (Å²) in [7, 11) is 0. The Bertz CT molecular complexity index is 323. The Morgan fingerprint density at radius 2 is 2.14 bits per heavy atom. The molecule has 1 aromatic heterocycles. The lowest BCUT2D eigenvalue weighted by molar-refractivity contribution is 0.0512. The van der Waals surface area contributed by atoms with E-state index in [1.165, 1.54) is 38.0 Å². The van der Waals surface area contributed by atoms with Crippen molar-refractivity contribution in [1.29, 1.82) is 0 Å². The molecule has 4 heterocycles. The minimum absolute atomic E-state index is 0.645. The van der Waals surface area contributed by atoms with E-state index < -0.39 is 0 Å². The van der Waals surface area contributed by atoms with Crippen LogP contribution in [-0.4, -0.2) is 34.3 Å². The van der Waals surface area contributed by atoms with E-state index in [1.54, 1.807) is 0 Å². The molecule has 0 amide bonds. The fraction of sp³-hybridized carbons (Fsp3) is 0.727. The van der Waals surface area contributed by atoms with Gasteiger partial charge in [-0.15, -0.1) is 0 Å². The van der Waals surface area contributed by atoms with Gasteiger partial charge in [-0.25, -0.2) is 0 Å². The van der Waals surface area contributed by atoms with Gasteiger partial charge in [0.15, 0.2) is 0 Å². The first kappa shape index (κ1) is 8.48. The third-order valence-electron chi connectivity index (χ3n) is 3.69. The van der Waals surface area contributed by atoms with E-state index >= 15 is 0 Å². The number of aryl methyl sites for hydroxylation is 1. The average molecular weight is 191 g/mol. The minimum Gasteiger partial charge on any atom is -0.301 e. The summed E-state index contributed by atoms with van der Waals surface area (Å²) in [5.41, 5.74) is 1.28. The van der Waals surface area contributed by atoms with Crippen LogP contribution in [-0.2, 0) is 0 Å². The van der Waals surface area contributed by atoms with Crippen molar-refractivity contribution in [3.05, 3.63) is 18.0 Å². The van der Waals surface area contributed by atoms with Gasteiger partial charge in [0.2, 0.25) is 0 Å². The van der Waals surface area contributed by atoms with Gasteiger partial charge in [-0.1, -0.05) is 0 Å². The van der Waals surface area contributed by atoms with Crippen molar-refractivity contribution in [3.8, 4) is 0 Å². The molecule has 0 N–H and O–H groups in total. The molecule has 2 bridgehead atoms. The molecule has 3 saturated heterocycles. The third-order valence-corrected chi connectivity index (χ3v) is 3.69. The molecule has 1 unspecified atom stereocenters. The smallest absolute Gasteiger partial charge is 0.0675 e. The second-order valence-electron chi connectivity index (χ2n) is 4.70. The predicted octanol–water partition coefficient (Wildman–Crippen LogP) is 1.46. The number of aromatic nitrogens is 2. The van der Waals surface area contributed by atoms with Gasteiger partial charge in [0.25, 0.3) is 0 Å². The first-order valence-corrected chi connectivity index (χ1v) is 5.56. The molecule has 76 valence electrons. The van der Waals surface area contributed by atoms with Crippen LogP contribution in [0, 0.1) is 12.8 Å². The lowest BCUT2D eigenvalue weighted by Gasteiger charge is -2.44. The Balaban J connectivity index is 1.85. The zero-order valence-electron chi connectivity index (χ0n) is 8.69. The molecule has 3 heteroatoms. The van der Waals surface area contributed by atoms with Gasteiger partial charge in [0.05, 0.1) is 12.2 Å². The van der Waals surface area contributed by atoms with Crippen LogP contribution >= 0.6 is 0 Å². The van der Waals surface area contributed by atoms with Crippen LogP contribution in [0.4, 0.5) is 0 Å². The summed E-state index contributed by atoms with van der Waals surface area (Å²) in [5, 5.41) is 4.45. The average Bonchev–Trinajstić information content (AvgIpc) is 2.66. The highest BCUT2D eigenvalue weighted by Gasteiger charge is 2.35. The van der Waals surface area contributed by atoms with Gasteiger partial charge in [-0.05, 0) is 44.3 Å². The van der Waals surface area contributed by atoms with Gasteiger partial charge >= 0.3 is 0 Å². The zero-order valence-corrected chi connectivity index (χ0v) is 8.69. The summed E-state index contributed by atoms with van der Waals surface area (Å²) in [4.78, 5) is 2.57. The van der Waals surface area contributed by atoms with Crippen LogP contribution in [0.3, 0.4) is 0 Å². The number of nitrogens with zero attached hydrogens (tertiary/aromatic N) is 3. The number of hydrogen-bond donors (Lipinski definition) is 0. The number of rotatable bonds is 1. The number of piperidine rings is 3. The second kappa shape index (κ2) is 3.09. The van der Waals surface area contributed by atoms with Crippen LogP contribution in [0.1, 0.15) is 24.4 Å². The van der Waals surface area contributed by atoms with Gasteiger partial charge in [0, 0.05) is 12.7 Å². The van der Waals surface area contributed by atoms with Crippen molar-refractivity contribution in [2.24, 2.45) is 5.92 Å². The van der Waals surface area contributed by atoms with Crippen molar-refractivity contribution in [3.63, 3.8) is 0 Å². The van der Waals surface area contributed by atoms with Crippen molar-refractivity contribution in [2.45, 2.75) is 25.8 Å². The molecule has 0 radical (unpaired) electrons. The Labute approximate surface area is 84.7 Å². The topological polar surface area (TPSA) is 21.1 Å². The Morgan fingerprint density at radius 1 is 1.36 bits per heavy atom. The predicted molar refractivity (Wildman–Crippen MR) is 55.2 cm³/mol. The summed E-state index contributed by atoms with van der Waals surface area (Å²) in [6.07, 6.45) is 6.89. The van der Waals surface area contributed by atoms with E-state index in [1.807, 2.05) is 6.20 Å². The summed E-state index contributed by atoms with van der Waals surface area (Å²) in [6.45, 7) is 5.94. The molecular formula is C11H17N3. The Hall–Kier alpha value is -0.830. The van der Waals surface area contributed by atoms with E-state index in [-0.39, 0.29) is 0 Å². The van der Waals surface area contributed by atoms with Crippen molar-refractivity contribution in [2.75, 3.05) is 19.6 Å². The van der Waals surface area contributed by atoms with E-state index in [2.05, 4.69) is 27.8 Å². The Morgan fingerprint density at radius 3 is 2.64 bits per heavy atom. The van der Waals surface area contributed by atoms with Crippen LogP contribution in [0.5, 0.6) is 0 Å². The van der Waals surface area contributed by atoms with E-state index in [0.717, 1.165) is 5.92 Å². The van der Waals surface area contributed by atoms with Crippen molar-refractivity contribution < 1.29 is 0 Å². The Kier molecular flexibility index (Phi) is 1.87. The van der Waals surface area contributed by atoms with E-state index in [0.29, 0.717) is 6.04 Å². The summed E-state index contributed by atoms with van der Waals surface area (Å²) in [6, 6.07) is 0.645. The maximum atomic E-state index is 4.45. The summed E-state index contributed by atoms with van der Waals surface area (Å²) >= 11 is 0. The second-order valence-corrected chi connectivity index (χ2v) is 4.70. The van der Waals surface area contributed by atoms with Gasteiger partial charge < -0.3 is 4.90 Å². The standard InChI is InChI=1S/C11H17N3/c1-9-6-12-14(7-9)11-8-13-4-2-10(11)3-5-13/h6-7,10-11H,2-5,8H2,1H3. The molecule has 0 aromatic carbocycles. The molecule has 3 fully saturated rings.